The number of carbonyl (C=O) groups excluding carboxylic acids is 1. The highest BCUT2D eigenvalue weighted by molar-refractivity contribution is 7.11. The van der Waals surface area contributed by atoms with Crippen LogP contribution in [0.2, 0.25) is 0 Å². The topological polar surface area (TPSA) is 42.4 Å². The predicted octanol–water partition coefficient (Wildman–Crippen LogP) is 2.58. The summed E-state index contributed by atoms with van der Waals surface area (Å²) in [5, 5.41) is 1.20. The molecule has 0 bridgehead atoms. The lowest BCUT2D eigenvalue weighted by Gasteiger charge is -2.35. The Kier molecular flexibility index (Phi) is 4.36. The summed E-state index contributed by atoms with van der Waals surface area (Å²) in [7, 11) is 0. The van der Waals surface area contributed by atoms with Crippen molar-refractivity contribution in [3.05, 3.63) is 16.1 Å². The van der Waals surface area contributed by atoms with Gasteiger partial charge >= 0.3 is 0 Å². The number of ether oxygens (including phenoxy) is 1. The van der Waals surface area contributed by atoms with Crippen LogP contribution >= 0.6 is 11.3 Å². The fourth-order valence-electron chi connectivity index (χ4n) is 3.14. The Morgan fingerprint density at radius 3 is 2.90 bits per heavy atom. The average Bonchev–Trinajstić information content (AvgIpc) is 2.94. The van der Waals surface area contributed by atoms with E-state index in [-0.39, 0.29) is 5.92 Å². The van der Waals surface area contributed by atoms with Crippen LogP contribution in [0.15, 0.2) is 6.20 Å². The second-order valence-corrected chi connectivity index (χ2v) is 7.09. The Morgan fingerprint density at radius 2 is 2.20 bits per heavy atom. The highest BCUT2D eigenvalue weighted by Gasteiger charge is 2.31. The van der Waals surface area contributed by atoms with Crippen LogP contribution in [0.5, 0.6) is 0 Å². The summed E-state index contributed by atoms with van der Waals surface area (Å²) in [6.45, 7) is 5.33. The molecule has 4 nitrogen and oxygen atoms in total. The number of hydrogen-bond acceptors (Lipinski definition) is 4. The third-order valence-electron chi connectivity index (χ3n) is 4.29. The maximum absolute atomic E-state index is 12.6. The van der Waals surface area contributed by atoms with Crippen molar-refractivity contribution in [2.45, 2.75) is 38.5 Å². The molecule has 5 heteroatoms. The Hall–Kier alpha value is -0.940. The molecule has 0 saturated carbocycles. The molecule has 3 heterocycles. The van der Waals surface area contributed by atoms with E-state index >= 15 is 0 Å². The Bertz CT molecular complexity index is 468. The van der Waals surface area contributed by atoms with E-state index in [0.717, 1.165) is 52.0 Å². The standard InChI is InChI=1S/C15H22N2O2S/c1-11-9-16-14(20-11)13-3-2-6-17(10-13)15(18)12-4-7-19-8-5-12/h9,12-13H,2-8,10H2,1H3. The molecule has 2 aliphatic rings. The van der Waals surface area contributed by atoms with Crippen molar-refractivity contribution < 1.29 is 9.53 Å². The minimum absolute atomic E-state index is 0.181. The fourth-order valence-corrected chi connectivity index (χ4v) is 4.04. The largest absolute Gasteiger partial charge is 0.381 e. The third-order valence-corrected chi connectivity index (χ3v) is 5.37. The Morgan fingerprint density at radius 1 is 1.40 bits per heavy atom. The quantitative estimate of drug-likeness (QED) is 0.842. The van der Waals surface area contributed by atoms with Gasteiger partial charge in [0.15, 0.2) is 0 Å². The summed E-state index contributed by atoms with van der Waals surface area (Å²) in [6, 6.07) is 0. The minimum atomic E-state index is 0.181. The van der Waals surface area contributed by atoms with Gasteiger partial charge in [-0.1, -0.05) is 0 Å². The molecule has 0 aromatic carbocycles. The number of rotatable bonds is 2. The molecule has 20 heavy (non-hydrogen) atoms. The number of thiazole rings is 1. The number of nitrogens with zero attached hydrogens (tertiary/aromatic N) is 2. The van der Waals surface area contributed by atoms with Gasteiger partial charge in [0.1, 0.15) is 0 Å². The number of hydrogen-bond donors (Lipinski definition) is 0. The van der Waals surface area contributed by atoms with Gasteiger partial charge in [-0.15, -0.1) is 11.3 Å². The number of carbonyl (C=O) groups is 1. The summed E-state index contributed by atoms with van der Waals surface area (Å²) < 4.78 is 5.35. The minimum Gasteiger partial charge on any atom is -0.381 e. The van der Waals surface area contributed by atoms with Gasteiger partial charge in [0.25, 0.3) is 0 Å². The summed E-state index contributed by atoms with van der Waals surface area (Å²) >= 11 is 1.77. The van der Waals surface area contributed by atoms with Crippen molar-refractivity contribution in [3.8, 4) is 0 Å². The molecule has 0 aliphatic carbocycles. The lowest BCUT2D eigenvalue weighted by atomic mass is 9.94. The summed E-state index contributed by atoms with van der Waals surface area (Å²) in [5.41, 5.74) is 0. The van der Waals surface area contributed by atoms with Crippen LogP contribution in [0, 0.1) is 12.8 Å². The molecule has 2 aliphatic heterocycles. The van der Waals surface area contributed by atoms with E-state index in [2.05, 4.69) is 16.8 Å². The zero-order valence-electron chi connectivity index (χ0n) is 12.0. The van der Waals surface area contributed by atoms with Gasteiger partial charge in [-0.05, 0) is 32.6 Å². The third kappa shape index (κ3) is 3.04. The lowest BCUT2D eigenvalue weighted by molar-refractivity contribution is -0.139. The molecule has 2 fully saturated rings. The molecular weight excluding hydrogens is 272 g/mol. The van der Waals surface area contributed by atoms with Crippen molar-refractivity contribution in [2.75, 3.05) is 26.3 Å². The van der Waals surface area contributed by atoms with E-state index in [9.17, 15) is 4.79 Å². The molecule has 0 N–H and O–H groups in total. The number of amides is 1. The molecule has 1 aromatic heterocycles. The van der Waals surface area contributed by atoms with E-state index in [1.165, 1.54) is 9.88 Å². The zero-order valence-corrected chi connectivity index (χ0v) is 12.8. The first-order valence-corrected chi connectivity index (χ1v) is 8.34. The maximum Gasteiger partial charge on any atom is 0.225 e. The van der Waals surface area contributed by atoms with Crippen LogP contribution in [0.1, 0.15) is 41.5 Å². The van der Waals surface area contributed by atoms with E-state index in [4.69, 9.17) is 4.74 Å². The van der Waals surface area contributed by atoms with E-state index in [0.29, 0.717) is 11.8 Å². The van der Waals surface area contributed by atoms with Crippen LogP contribution in [0.3, 0.4) is 0 Å². The Balaban J connectivity index is 1.63. The van der Waals surface area contributed by atoms with Crippen molar-refractivity contribution in [2.24, 2.45) is 5.92 Å². The molecule has 1 aromatic rings. The molecule has 1 amide bonds. The second kappa shape index (κ2) is 6.22. The SMILES string of the molecule is Cc1cnc(C2CCCN(C(=O)C3CCOCC3)C2)s1. The highest BCUT2D eigenvalue weighted by Crippen LogP contribution is 2.31. The summed E-state index contributed by atoms with van der Waals surface area (Å²) in [5.74, 6) is 0.957. The first-order valence-electron chi connectivity index (χ1n) is 7.53. The lowest BCUT2D eigenvalue weighted by Crippen LogP contribution is -2.43. The summed E-state index contributed by atoms with van der Waals surface area (Å²) in [4.78, 5) is 20.4. The van der Waals surface area contributed by atoms with E-state index < -0.39 is 0 Å². The van der Waals surface area contributed by atoms with Crippen LogP contribution in [-0.4, -0.2) is 42.1 Å². The van der Waals surface area contributed by atoms with Crippen molar-refractivity contribution in [1.29, 1.82) is 0 Å². The van der Waals surface area contributed by atoms with Gasteiger partial charge in [0, 0.05) is 49.2 Å². The van der Waals surface area contributed by atoms with Crippen LogP contribution in [0.4, 0.5) is 0 Å². The molecular formula is C15H22N2O2S. The number of piperidine rings is 1. The van der Waals surface area contributed by atoms with E-state index in [1.807, 2.05) is 6.20 Å². The van der Waals surface area contributed by atoms with Gasteiger partial charge in [0.05, 0.1) is 5.01 Å². The zero-order chi connectivity index (χ0) is 13.9. The van der Waals surface area contributed by atoms with Gasteiger partial charge in [-0.3, -0.25) is 4.79 Å². The second-order valence-electron chi connectivity index (χ2n) is 5.82. The molecule has 0 spiro atoms. The molecule has 1 unspecified atom stereocenters. The van der Waals surface area contributed by atoms with E-state index in [1.54, 1.807) is 11.3 Å². The smallest absolute Gasteiger partial charge is 0.225 e. The van der Waals surface area contributed by atoms with Gasteiger partial charge in [0.2, 0.25) is 5.91 Å². The number of aromatic nitrogens is 1. The van der Waals surface area contributed by atoms with Crippen molar-refractivity contribution in [3.63, 3.8) is 0 Å². The predicted molar refractivity (Wildman–Crippen MR) is 78.9 cm³/mol. The normalized spacial score (nSPS) is 24.9. The monoisotopic (exact) mass is 294 g/mol. The highest BCUT2D eigenvalue weighted by atomic mass is 32.1. The first-order chi connectivity index (χ1) is 9.74. The molecule has 1 atom stereocenters. The van der Waals surface area contributed by atoms with Crippen molar-refractivity contribution in [1.82, 2.24) is 9.88 Å². The van der Waals surface area contributed by atoms with Crippen LogP contribution < -0.4 is 0 Å². The number of aryl methyl sites for hydroxylation is 1. The molecule has 0 radical (unpaired) electrons. The fraction of sp³-hybridized carbons (Fsp3) is 0.733. The molecule has 2 saturated heterocycles. The Labute approximate surface area is 124 Å². The molecule has 3 rings (SSSR count). The van der Waals surface area contributed by atoms with Gasteiger partial charge in [-0.2, -0.15) is 0 Å². The van der Waals surface area contributed by atoms with Crippen LogP contribution in [-0.2, 0) is 9.53 Å². The van der Waals surface area contributed by atoms with Gasteiger partial charge < -0.3 is 9.64 Å². The number of likely N-dealkylation sites (tertiary alicyclic amines) is 1. The average molecular weight is 294 g/mol. The van der Waals surface area contributed by atoms with Gasteiger partial charge in [-0.25, -0.2) is 4.98 Å². The summed E-state index contributed by atoms with van der Waals surface area (Å²) in [6.07, 6.45) is 5.97. The maximum atomic E-state index is 12.6. The molecule has 110 valence electrons. The first kappa shape index (κ1) is 14.0. The van der Waals surface area contributed by atoms with Crippen LogP contribution in [0.25, 0.3) is 0 Å². The van der Waals surface area contributed by atoms with Crippen molar-refractivity contribution >= 4 is 17.2 Å².